The molecule has 0 spiro atoms. The van der Waals surface area contributed by atoms with Crippen LogP contribution in [0.3, 0.4) is 0 Å². The van der Waals surface area contributed by atoms with Crippen molar-refractivity contribution in [3.63, 3.8) is 0 Å². The van der Waals surface area contributed by atoms with Crippen molar-refractivity contribution in [2.45, 2.75) is 46.6 Å². The molecule has 0 aliphatic carbocycles. The van der Waals surface area contributed by atoms with Crippen molar-refractivity contribution >= 4 is 6.16 Å². The lowest BCUT2D eigenvalue weighted by atomic mass is 9.90. The molecule has 0 rings (SSSR count). The third-order valence-corrected chi connectivity index (χ3v) is 2.68. The van der Waals surface area contributed by atoms with Gasteiger partial charge in [-0.15, -0.1) is 0 Å². The number of ether oxygens (including phenoxy) is 2. The van der Waals surface area contributed by atoms with E-state index in [0.29, 0.717) is 0 Å². The van der Waals surface area contributed by atoms with Crippen LogP contribution < -0.4 is 0 Å². The number of carbonyl (C=O) groups is 1. The Morgan fingerprint density at radius 1 is 1.47 bits per heavy atom. The van der Waals surface area contributed by atoms with E-state index in [0.717, 1.165) is 12.0 Å². The van der Waals surface area contributed by atoms with Crippen LogP contribution in [-0.2, 0) is 9.47 Å². The summed E-state index contributed by atoms with van der Waals surface area (Å²) >= 11 is 0. The number of hydrogen-bond acceptors (Lipinski definition) is 3. The highest BCUT2D eigenvalue weighted by atomic mass is 16.7. The molecule has 88 valence electrons. The molecule has 3 heteroatoms. The molecule has 0 saturated carbocycles. The molecule has 0 fully saturated rings. The summed E-state index contributed by atoms with van der Waals surface area (Å²) in [6, 6.07) is 0. The molecule has 0 aromatic rings. The van der Waals surface area contributed by atoms with E-state index in [1.165, 1.54) is 0 Å². The second kappa shape index (κ2) is 5.79. The summed E-state index contributed by atoms with van der Waals surface area (Å²) in [4.78, 5) is 11.3. The summed E-state index contributed by atoms with van der Waals surface area (Å²) in [5.74, 6) is 0.264. The van der Waals surface area contributed by atoms with Crippen LogP contribution >= 0.6 is 0 Å². The van der Waals surface area contributed by atoms with Crippen LogP contribution in [0.25, 0.3) is 0 Å². The van der Waals surface area contributed by atoms with E-state index >= 15 is 0 Å². The first kappa shape index (κ1) is 14.0. The first-order valence-corrected chi connectivity index (χ1v) is 5.32. The molecule has 1 unspecified atom stereocenters. The van der Waals surface area contributed by atoms with Crippen LogP contribution in [0.15, 0.2) is 12.2 Å². The van der Waals surface area contributed by atoms with Gasteiger partial charge in [-0.25, -0.2) is 4.79 Å². The predicted molar refractivity (Wildman–Crippen MR) is 60.8 cm³/mol. The van der Waals surface area contributed by atoms with Crippen molar-refractivity contribution in [1.29, 1.82) is 0 Å². The smallest absolute Gasteiger partial charge is 0.430 e. The highest BCUT2D eigenvalue weighted by Crippen LogP contribution is 2.25. The Bertz CT molecular complexity index is 233. The normalized spacial score (nSPS) is 14.5. The molecule has 0 bridgehead atoms. The number of rotatable bonds is 5. The highest BCUT2D eigenvalue weighted by Gasteiger charge is 2.31. The Morgan fingerprint density at radius 3 is 2.33 bits per heavy atom. The van der Waals surface area contributed by atoms with E-state index in [2.05, 4.69) is 6.58 Å². The van der Waals surface area contributed by atoms with E-state index in [1.807, 2.05) is 27.7 Å². The molecule has 0 aliphatic rings. The van der Waals surface area contributed by atoms with Crippen molar-refractivity contribution in [3.05, 3.63) is 12.2 Å². The minimum atomic E-state index is -0.615. The van der Waals surface area contributed by atoms with E-state index in [4.69, 9.17) is 9.47 Å². The molecule has 0 aliphatic heterocycles. The van der Waals surface area contributed by atoms with E-state index in [1.54, 1.807) is 6.92 Å². The van der Waals surface area contributed by atoms with E-state index < -0.39 is 11.8 Å². The van der Waals surface area contributed by atoms with Gasteiger partial charge in [-0.1, -0.05) is 27.4 Å². The average Bonchev–Trinajstić information content (AvgIpc) is 2.14. The van der Waals surface area contributed by atoms with Gasteiger partial charge in [-0.05, 0) is 31.8 Å². The van der Waals surface area contributed by atoms with Crippen molar-refractivity contribution in [2.24, 2.45) is 5.92 Å². The maximum absolute atomic E-state index is 11.3. The van der Waals surface area contributed by atoms with Gasteiger partial charge in [0.15, 0.2) is 0 Å². The molecule has 1 atom stereocenters. The molecule has 0 amide bonds. The lowest BCUT2D eigenvalue weighted by molar-refractivity contribution is -0.0500. The monoisotopic (exact) mass is 214 g/mol. The minimum absolute atomic E-state index is 0.219. The lowest BCUT2D eigenvalue weighted by Crippen LogP contribution is -2.36. The van der Waals surface area contributed by atoms with Crippen LogP contribution in [0.1, 0.15) is 41.0 Å². The summed E-state index contributed by atoms with van der Waals surface area (Å²) in [5, 5.41) is 0. The highest BCUT2D eigenvalue weighted by molar-refractivity contribution is 5.60. The van der Waals surface area contributed by atoms with Crippen molar-refractivity contribution in [1.82, 2.24) is 0 Å². The van der Waals surface area contributed by atoms with Crippen LogP contribution in [0.4, 0.5) is 4.79 Å². The zero-order valence-corrected chi connectivity index (χ0v) is 10.4. The van der Waals surface area contributed by atoms with Crippen LogP contribution in [-0.4, -0.2) is 18.4 Å². The second-order valence-corrected chi connectivity index (χ2v) is 4.42. The maximum atomic E-state index is 11.3. The maximum Gasteiger partial charge on any atom is 0.509 e. The van der Waals surface area contributed by atoms with Crippen molar-refractivity contribution in [3.8, 4) is 0 Å². The van der Waals surface area contributed by atoms with Gasteiger partial charge >= 0.3 is 6.16 Å². The molecule has 15 heavy (non-hydrogen) atoms. The second-order valence-electron chi connectivity index (χ2n) is 4.42. The number of hydrogen-bond donors (Lipinski definition) is 0. The van der Waals surface area contributed by atoms with Crippen LogP contribution in [0.5, 0.6) is 0 Å². The lowest BCUT2D eigenvalue weighted by Gasteiger charge is -2.31. The molecule has 0 N–H and O–H groups in total. The average molecular weight is 214 g/mol. The summed E-state index contributed by atoms with van der Waals surface area (Å²) < 4.78 is 10.2. The van der Waals surface area contributed by atoms with Gasteiger partial charge < -0.3 is 9.47 Å². The Morgan fingerprint density at radius 2 is 2.00 bits per heavy atom. The molecule has 0 heterocycles. The first-order chi connectivity index (χ1) is 6.81. The quantitative estimate of drug-likeness (QED) is 0.518. The molecule has 0 aromatic carbocycles. The Hall–Kier alpha value is -0.990. The van der Waals surface area contributed by atoms with Crippen LogP contribution in [0.2, 0.25) is 0 Å². The fourth-order valence-corrected chi connectivity index (χ4v) is 1.00. The number of carbonyl (C=O) groups excluding carboxylic acids is 1. The molecular weight excluding hydrogens is 192 g/mol. The van der Waals surface area contributed by atoms with E-state index in [9.17, 15) is 4.79 Å². The SMILES string of the molecule is C=C(C)COC(=O)OC(C)(CC)C(C)C. The molecular formula is C12H22O3. The Labute approximate surface area is 92.5 Å². The summed E-state index contributed by atoms with van der Waals surface area (Å²) in [7, 11) is 0. The zero-order chi connectivity index (χ0) is 12.1. The third kappa shape index (κ3) is 4.86. The largest absolute Gasteiger partial charge is 0.509 e. The van der Waals surface area contributed by atoms with Gasteiger partial charge in [-0.3, -0.25) is 0 Å². The minimum Gasteiger partial charge on any atom is -0.430 e. The topological polar surface area (TPSA) is 35.5 Å². The summed E-state index contributed by atoms with van der Waals surface area (Å²) in [6.07, 6.45) is 0.156. The summed E-state index contributed by atoms with van der Waals surface area (Å²) in [6.45, 7) is 13.6. The summed E-state index contributed by atoms with van der Waals surface area (Å²) in [5.41, 5.74) is 0.348. The Balaban J connectivity index is 4.19. The van der Waals surface area contributed by atoms with Gasteiger partial charge in [-0.2, -0.15) is 0 Å². The van der Waals surface area contributed by atoms with Gasteiger partial charge in [0.2, 0.25) is 0 Å². The van der Waals surface area contributed by atoms with E-state index in [-0.39, 0.29) is 12.5 Å². The van der Waals surface area contributed by atoms with Gasteiger partial charge in [0.1, 0.15) is 12.2 Å². The fourth-order valence-electron chi connectivity index (χ4n) is 1.00. The predicted octanol–water partition coefficient (Wildman–Crippen LogP) is 3.54. The van der Waals surface area contributed by atoms with Gasteiger partial charge in [0.05, 0.1) is 0 Å². The first-order valence-electron chi connectivity index (χ1n) is 5.32. The molecule has 0 radical (unpaired) electrons. The Kier molecular flexibility index (Phi) is 5.40. The molecule has 3 nitrogen and oxygen atoms in total. The molecule has 0 saturated heterocycles. The van der Waals surface area contributed by atoms with Gasteiger partial charge in [0, 0.05) is 0 Å². The molecule has 0 aromatic heterocycles. The van der Waals surface area contributed by atoms with Crippen molar-refractivity contribution < 1.29 is 14.3 Å². The van der Waals surface area contributed by atoms with Gasteiger partial charge in [0.25, 0.3) is 0 Å². The third-order valence-electron chi connectivity index (χ3n) is 2.68. The zero-order valence-electron chi connectivity index (χ0n) is 10.4. The van der Waals surface area contributed by atoms with Crippen LogP contribution in [0, 0.1) is 5.92 Å². The fraction of sp³-hybridized carbons (Fsp3) is 0.750. The van der Waals surface area contributed by atoms with Crippen molar-refractivity contribution in [2.75, 3.05) is 6.61 Å². The standard InChI is InChI=1S/C12H22O3/c1-7-12(6,10(4)5)15-11(13)14-8-9(2)3/h10H,2,7-8H2,1,3-6H3.